The van der Waals surface area contributed by atoms with E-state index in [1.165, 1.54) is 0 Å². The minimum absolute atomic E-state index is 0.0560. The Morgan fingerprint density at radius 2 is 2.38 bits per heavy atom. The van der Waals surface area contributed by atoms with Crippen LogP contribution >= 0.6 is 11.9 Å². The second kappa shape index (κ2) is 4.86. The van der Waals surface area contributed by atoms with E-state index < -0.39 is 0 Å². The molecule has 0 amide bonds. The first-order valence-electron chi connectivity index (χ1n) is 5.20. The van der Waals surface area contributed by atoms with Gasteiger partial charge in [0, 0.05) is 6.04 Å². The van der Waals surface area contributed by atoms with E-state index in [1.54, 1.807) is 11.9 Å². The zero-order chi connectivity index (χ0) is 11.5. The summed E-state index contributed by atoms with van der Waals surface area (Å²) in [7, 11) is 0. The molecule has 0 saturated carbocycles. The predicted octanol–water partition coefficient (Wildman–Crippen LogP) is 1.95. The summed E-state index contributed by atoms with van der Waals surface area (Å²) in [5, 5.41) is 0. The summed E-state index contributed by atoms with van der Waals surface area (Å²) in [6, 6.07) is 6.16. The molecule has 0 aliphatic carbocycles. The molecule has 0 saturated heterocycles. The smallest absolute Gasteiger partial charge is 0.122 e. The second-order valence-electron chi connectivity index (χ2n) is 3.77. The number of nitrogens with one attached hydrogen (secondary N) is 2. The van der Waals surface area contributed by atoms with Crippen LogP contribution in [0.4, 0.5) is 0 Å². The Hall–Kier alpha value is -1.04. The third kappa shape index (κ3) is 2.37. The highest BCUT2D eigenvalue weighted by Gasteiger charge is 2.05. The van der Waals surface area contributed by atoms with E-state index in [-0.39, 0.29) is 6.04 Å². The van der Waals surface area contributed by atoms with Gasteiger partial charge in [-0.1, -0.05) is 18.0 Å². The summed E-state index contributed by atoms with van der Waals surface area (Å²) in [6.45, 7) is 2.72. The lowest BCUT2D eigenvalue weighted by atomic mass is 10.1. The van der Waals surface area contributed by atoms with Gasteiger partial charge in [-0.25, -0.2) is 4.98 Å². The molecule has 16 heavy (non-hydrogen) atoms. The predicted molar refractivity (Wildman–Crippen MR) is 69.1 cm³/mol. The zero-order valence-corrected chi connectivity index (χ0v) is 10.3. The molecule has 5 heteroatoms. The van der Waals surface area contributed by atoms with Crippen molar-refractivity contribution < 1.29 is 0 Å². The Kier molecular flexibility index (Phi) is 3.48. The van der Waals surface area contributed by atoms with E-state index in [1.807, 2.05) is 25.3 Å². The summed E-state index contributed by atoms with van der Waals surface area (Å²) >= 11 is 1.58. The minimum Gasteiger partial charge on any atom is -0.341 e. The molecule has 0 aliphatic rings. The molecule has 0 radical (unpaired) electrons. The number of nitrogens with zero attached hydrogens (tertiary/aromatic N) is 1. The van der Waals surface area contributed by atoms with Crippen LogP contribution in [0.1, 0.15) is 24.4 Å². The van der Waals surface area contributed by atoms with Crippen LogP contribution < -0.4 is 10.5 Å². The lowest BCUT2D eigenvalue weighted by Crippen LogP contribution is -2.04. The van der Waals surface area contributed by atoms with Gasteiger partial charge in [-0.2, -0.15) is 0 Å². The van der Waals surface area contributed by atoms with Gasteiger partial charge in [0.2, 0.25) is 0 Å². The van der Waals surface area contributed by atoms with Crippen molar-refractivity contribution in [1.82, 2.24) is 14.7 Å². The van der Waals surface area contributed by atoms with E-state index in [9.17, 15) is 0 Å². The molecular weight excluding hydrogens is 220 g/mol. The van der Waals surface area contributed by atoms with Gasteiger partial charge >= 0.3 is 0 Å². The highest BCUT2D eigenvalue weighted by molar-refractivity contribution is 7.96. The van der Waals surface area contributed by atoms with Crippen molar-refractivity contribution in [2.75, 3.05) is 6.26 Å². The minimum atomic E-state index is 0.0560. The van der Waals surface area contributed by atoms with Crippen LogP contribution in [0.25, 0.3) is 11.0 Å². The number of aromatic amines is 1. The van der Waals surface area contributed by atoms with E-state index in [2.05, 4.69) is 20.8 Å². The monoisotopic (exact) mass is 236 g/mol. The molecule has 1 atom stereocenters. The van der Waals surface area contributed by atoms with Crippen molar-refractivity contribution in [1.29, 1.82) is 0 Å². The number of aromatic nitrogens is 2. The number of fused-ring (bicyclic) bond motifs is 1. The number of imidazole rings is 1. The molecule has 0 fully saturated rings. The maximum absolute atomic E-state index is 5.84. The van der Waals surface area contributed by atoms with Crippen LogP contribution in [0.3, 0.4) is 0 Å². The van der Waals surface area contributed by atoms with Crippen LogP contribution in [0.2, 0.25) is 0 Å². The van der Waals surface area contributed by atoms with Crippen molar-refractivity contribution in [3.05, 3.63) is 29.6 Å². The molecule has 1 aromatic carbocycles. The Morgan fingerprint density at radius 3 is 3.06 bits per heavy atom. The van der Waals surface area contributed by atoms with Crippen LogP contribution in [0.5, 0.6) is 0 Å². The average Bonchev–Trinajstić information content (AvgIpc) is 2.67. The molecule has 0 spiro atoms. The number of nitrogens with two attached hydrogens (primary N) is 1. The molecule has 2 rings (SSSR count). The van der Waals surface area contributed by atoms with Gasteiger partial charge in [-0.15, -0.1) is 0 Å². The molecule has 86 valence electrons. The average molecular weight is 236 g/mol. The zero-order valence-electron chi connectivity index (χ0n) is 9.45. The molecule has 0 aliphatic heterocycles. The quantitative estimate of drug-likeness (QED) is 0.710. The van der Waals surface area contributed by atoms with Gasteiger partial charge in [-0.05, 0) is 30.9 Å². The maximum Gasteiger partial charge on any atom is 0.122 e. The summed E-state index contributed by atoms with van der Waals surface area (Å²) in [5.41, 5.74) is 9.00. The van der Waals surface area contributed by atoms with Crippen molar-refractivity contribution in [2.24, 2.45) is 5.73 Å². The fourth-order valence-corrected chi connectivity index (χ4v) is 1.87. The van der Waals surface area contributed by atoms with Crippen LogP contribution in [-0.2, 0) is 6.54 Å². The molecule has 4 nitrogen and oxygen atoms in total. The Bertz CT molecular complexity index is 478. The van der Waals surface area contributed by atoms with Crippen molar-refractivity contribution in [3.63, 3.8) is 0 Å². The van der Waals surface area contributed by atoms with Gasteiger partial charge in [0.25, 0.3) is 0 Å². The first kappa shape index (κ1) is 11.4. The fraction of sp³-hybridized carbons (Fsp3) is 0.364. The van der Waals surface area contributed by atoms with Gasteiger partial charge in [0.15, 0.2) is 0 Å². The van der Waals surface area contributed by atoms with Crippen molar-refractivity contribution in [3.8, 4) is 0 Å². The highest BCUT2D eigenvalue weighted by atomic mass is 32.2. The largest absolute Gasteiger partial charge is 0.341 e. The number of benzene rings is 1. The summed E-state index contributed by atoms with van der Waals surface area (Å²) in [4.78, 5) is 7.76. The molecule has 0 bridgehead atoms. The third-order valence-electron chi connectivity index (χ3n) is 2.46. The summed E-state index contributed by atoms with van der Waals surface area (Å²) in [6.07, 6.45) is 2.00. The van der Waals surface area contributed by atoms with E-state index >= 15 is 0 Å². The normalized spacial score (nSPS) is 13.2. The van der Waals surface area contributed by atoms with Gasteiger partial charge in [0.1, 0.15) is 5.82 Å². The van der Waals surface area contributed by atoms with Gasteiger partial charge < -0.3 is 10.7 Å². The fourth-order valence-electron chi connectivity index (χ4n) is 1.59. The second-order valence-corrected chi connectivity index (χ2v) is 4.47. The molecule has 1 aromatic heterocycles. The molecule has 1 heterocycles. The highest BCUT2D eigenvalue weighted by Crippen LogP contribution is 2.17. The molecular formula is C11H16N4S. The number of H-pyrrole nitrogens is 1. The Balaban J connectivity index is 2.30. The van der Waals surface area contributed by atoms with E-state index in [0.29, 0.717) is 0 Å². The molecule has 2 aromatic rings. The third-order valence-corrected chi connectivity index (χ3v) is 2.90. The standard InChI is InChI=1S/C11H16N4S/c1-7(12)8-3-4-9-10(5-8)15-11(14-9)6-13-16-2/h3-5,7,13H,6,12H2,1-2H3,(H,14,15). The maximum atomic E-state index is 5.84. The summed E-state index contributed by atoms with van der Waals surface area (Å²) < 4.78 is 3.16. The van der Waals surface area contributed by atoms with E-state index in [4.69, 9.17) is 5.73 Å². The number of hydrogen-bond acceptors (Lipinski definition) is 4. The van der Waals surface area contributed by atoms with E-state index in [0.717, 1.165) is 29.0 Å². The van der Waals surface area contributed by atoms with Crippen LogP contribution in [-0.4, -0.2) is 16.2 Å². The number of rotatable bonds is 4. The Morgan fingerprint density at radius 1 is 1.56 bits per heavy atom. The summed E-state index contributed by atoms with van der Waals surface area (Å²) in [5.74, 6) is 0.950. The lowest BCUT2D eigenvalue weighted by Gasteiger charge is -2.03. The number of hydrogen-bond donors (Lipinski definition) is 3. The molecule has 1 unspecified atom stereocenters. The van der Waals surface area contributed by atoms with Crippen molar-refractivity contribution >= 4 is 23.0 Å². The Labute approximate surface area is 99.1 Å². The van der Waals surface area contributed by atoms with Gasteiger partial charge in [-0.3, -0.25) is 4.72 Å². The van der Waals surface area contributed by atoms with Crippen LogP contribution in [0.15, 0.2) is 18.2 Å². The SMILES string of the molecule is CSNCc1nc2ccc(C(C)N)cc2[nH]1. The van der Waals surface area contributed by atoms with Crippen LogP contribution in [0, 0.1) is 0 Å². The first-order valence-corrected chi connectivity index (χ1v) is 6.43. The topological polar surface area (TPSA) is 66.7 Å². The first-order chi connectivity index (χ1) is 7.70. The lowest BCUT2D eigenvalue weighted by molar-refractivity contribution is 0.819. The van der Waals surface area contributed by atoms with Crippen molar-refractivity contribution in [2.45, 2.75) is 19.5 Å². The van der Waals surface area contributed by atoms with Gasteiger partial charge in [0.05, 0.1) is 17.6 Å². The molecule has 4 N–H and O–H groups in total.